The Morgan fingerprint density at radius 2 is 1.78 bits per heavy atom. The number of alkyl halides is 1. The predicted octanol–water partition coefficient (Wildman–Crippen LogP) is 6.50. The molecule has 0 aliphatic rings. The predicted molar refractivity (Wildman–Crippen MR) is 136 cm³/mol. The van der Waals surface area contributed by atoms with Crippen molar-refractivity contribution in [2.75, 3.05) is 13.2 Å². The number of hydrogen-bond acceptors (Lipinski definition) is 4. The molecule has 1 aromatic heterocycles. The van der Waals surface area contributed by atoms with Gasteiger partial charge in [-0.3, -0.25) is 9.18 Å². The number of halogens is 3. The molecule has 0 spiro atoms. The van der Waals surface area contributed by atoms with Crippen LogP contribution < -0.4 is 0 Å². The van der Waals surface area contributed by atoms with Gasteiger partial charge in [0.05, 0.1) is 18.3 Å². The van der Waals surface area contributed by atoms with Crippen LogP contribution in [0.2, 0.25) is 0 Å². The third kappa shape index (κ3) is 7.01. The Labute approximate surface area is 216 Å². The van der Waals surface area contributed by atoms with E-state index in [4.69, 9.17) is 4.42 Å². The summed E-state index contributed by atoms with van der Waals surface area (Å²) in [5.41, 5.74) is 0.548. The lowest BCUT2D eigenvalue weighted by Gasteiger charge is -2.40. The Balaban J connectivity index is 2.21. The van der Waals surface area contributed by atoms with Crippen LogP contribution in [0.25, 0.3) is 11.5 Å². The molecule has 0 saturated carbocycles. The summed E-state index contributed by atoms with van der Waals surface area (Å²) < 4.78 is 48.1. The molecule has 0 radical (unpaired) electrons. The number of nitrogens with zero attached hydrogens (tertiary/aromatic N) is 2. The molecule has 0 bridgehead atoms. The number of oxazole rings is 1. The molecule has 3 atom stereocenters. The van der Waals surface area contributed by atoms with Gasteiger partial charge in [-0.15, -0.1) is 0 Å². The lowest BCUT2D eigenvalue weighted by molar-refractivity contribution is -0.145. The highest BCUT2D eigenvalue weighted by molar-refractivity contribution is 5.80. The average molecular weight is 517 g/mol. The summed E-state index contributed by atoms with van der Waals surface area (Å²) in [4.78, 5) is 19.4. The maximum Gasteiger partial charge on any atom is 0.251 e. The first-order valence-corrected chi connectivity index (χ1v) is 12.5. The lowest BCUT2D eigenvalue weighted by atomic mass is 9.82. The molecule has 2 aromatic carbocycles. The van der Waals surface area contributed by atoms with E-state index < -0.39 is 41.8 Å². The minimum Gasteiger partial charge on any atom is -0.440 e. The minimum absolute atomic E-state index is 0.103. The first kappa shape index (κ1) is 28.4. The van der Waals surface area contributed by atoms with Gasteiger partial charge in [-0.05, 0) is 48.4 Å². The Hall–Kier alpha value is -3.13. The van der Waals surface area contributed by atoms with Gasteiger partial charge in [0.2, 0.25) is 5.89 Å². The smallest absolute Gasteiger partial charge is 0.251 e. The molecule has 0 aliphatic heterocycles. The lowest BCUT2D eigenvalue weighted by Crippen LogP contribution is -2.46. The number of carbonyl (C=O) groups excluding carboxylic acids is 1. The molecule has 0 fully saturated rings. The van der Waals surface area contributed by atoms with E-state index >= 15 is 0 Å². The molecule has 8 heteroatoms. The highest BCUT2D eigenvalue weighted by Crippen LogP contribution is 2.42. The van der Waals surface area contributed by atoms with Crippen LogP contribution in [0.1, 0.15) is 64.1 Å². The van der Waals surface area contributed by atoms with Crippen molar-refractivity contribution in [3.63, 3.8) is 0 Å². The van der Waals surface area contributed by atoms with Crippen LogP contribution in [0.5, 0.6) is 0 Å². The molecule has 0 aliphatic carbocycles. The minimum atomic E-state index is -1.30. The van der Waals surface area contributed by atoms with Crippen molar-refractivity contribution in [3.8, 4) is 11.5 Å². The van der Waals surface area contributed by atoms with E-state index in [1.807, 2.05) is 51.1 Å². The number of amides is 1. The van der Waals surface area contributed by atoms with Crippen LogP contribution in [-0.4, -0.2) is 40.2 Å². The fraction of sp³-hybridized carbons (Fsp3) is 0.448. The van der Waals surface area contributed by atoms with Gasteiger partial charge in [0.1, 0.15) is 29.2 Å². The Bertz CT molecular complexity index is 1190. The highest BCUT2D eigenvalue weighted by atomic mass is 19.1. The zero-order valence-corrected chi connectivity index (χ0v) is 22.0. The van der Waals surface area contributed by atoms with E-state index in [1.54, 1.807) is 6.92 Å². The monoisotopic (exact) mass is 516 g/mol. The highest BCUT2D eigenvalue weighted by Gasteiger charge is 2.40. The summed E-state index contributed by atoms with van der Waals surface area (Å²) in [5, 5.41) is 10.2. The summed E-state index contributed by atoms with van der Waals surface area (Å²) in [5.74, 6) is -1.86. The van der Waals surface area contributed by atoms with Gasteiger partial charge in [-0.2, -0.15) is 0 Å². The first-order chi connectivity index (χ1) is 17.4. The van der Waals surface area contributed by atoms with E-state index in [0.717, 1.165) is 23.8 Å². The van der Waals surface area contributed by atoms with E-state index in [1.165, 1.54) is 11.8 Å². The number of carbonyl (C=O) groups is 1. The van der Waals surface area contributed by atoms with Gasteiger partial charge in [-0.25, -0.2) is 13.8 Å². The summed E-state index contributed by atoms with van der Waals surface area (Å²) in [7, 11) is 0. The number of aliphatic hydroxyl groups is 1. The van der Waals surface area contributed by atoms with Crippen LogP contribution in [0, 0.1) is 23.0 Å². The molecule has 200 valence electrons. The third-order valence-corrected chi connectivity index (χ3v) is 6.25. The molecule has 5 nitrogen and oxygen atoms in total. The maximum absolute atomic E-state index is 14.7. The second-order valence-electron chi connectivity index (χ2n) is 10.6. The summed E-state index contributed by atoms with van der Waals surface area (Å²) in [6.45, 7) is 8.53. The SMILES string of the molecule is C[C@H](CF)CCN(C(=O)[C@H](C)O)[C@@H](c1nc(-c2cc(F)ccc2F)oc1Cc1ccccc1)C(C)(C)C. The Morgan fingerprint density at radius 1 is 1.11 bits per heavy atom. The van der Waals surface area contributed by atoms with Crippen molar-refractivity contribution in [2.45, 2.75) is 59.6 Å². The average Bonchev–Trinajstić information content (AvgIpc) is 3.24. The van der Waals surface area contributed by atoms with Crippen molar-refractivity contribution in [3.05, 3.63) is 77.2 Å². The normalized spacial score (nSPS) is 14.3. The second kappa shape index (κ2) is 11.9. The molecule has 3 aromatic rings. The molecule has 0 saturated heterocycles. The van der Waals surface area contributed by atoms with E-state index in [9.17, 15) is 23.1 Å². The van der Waals surface area contributed by atoms with Crippen LogP contribution in [0.4, 0.5) is 13.2 Å². The Kier molecular flexibility index (Phi) is 9.18. The fourth-order valence-electron chi connectivity index (χ4n) is 4.33. The number of hydrogen-bond donors (Lipinski definition) is 1. The van der Waals surface area contributed by atoms with Crippen LogP contribution in [-0.2, 0) is 11.2 Å². The summed E-state index contributed by atoms with van der Waals surface area (Å²) in [6.07, 6.45) is -0.626. The van der Waals surface area contributed by atoms with Crippen molar-refractivity contribution in [1.29, 1.82) is 0 Å². The summed E-state index contributed by atoms with van der Waals surface area (Å²) in [6, 6.07) is 11.8. The number of aliphatic hydroxyl groups excluding tert-OH is 1. The number of aromatic nitrogens is 1. The van der Waals surface area contributed by atoms with Crippen molar-refractivity contribution in [2.24, 2.45) is 11.3 Å². The zero-order valence-electron chi connectivity index (χ0n) is 22.0. The molecule has 37 heavy (non-hydrogen) atoms. The van der Waals surface area contributed by atoms with Gasteiger partial charge in [0, 0.05) is 13.0 Å². The Morgan fingerprint density at radius 3 is 2.38 bits per heavy atom. The van der Waals surface area contributed by atoms with Crippen molar-refractivity contribution in [1.82, 2.24) is 9.88 Å². The number of benzene rings is 2. The molecule has 0 unspecified atom stereocenters. The molecule has 1 heterocycles. The second-order valence-corrected chi connectivity index (χ2v) is 10.6. The van der Waals surface area contributed by atoms with Crippen LogP contribution in [0.15, 0.2) is 52.9 Å². The van der Waals surface area contributed by atoms with Gasteiger partial charge in [0.25, 0.3) is 5.91 Å². The van der Waals surface area contributed by atoms with Gasteiger partial charge >= 0.3 is 0 Å². The van der Waals surface area contributed by atoms with Crippen LogP contribution in [0.3, 0.4) is 0 Å². The van der Waals surface area contributed by atoms with E-state index in [2.05, 4.69) is 4.98 Å². The molecular weight excluding hydrogens is 481 g/mol. The quantitative estimate of drug-likeness (QED) is 0.334. The van der Waals surface area contributed by atoms with E-state index in [-0.39, 0.29) is 23.9 Å². The van der Waals surface area contributed by atoms with Crippen molar-refractivity contribution < 1.29 is 27.5 Å². The molecule has 1 amide bonds. The van der Waals surface area contributed by atoms with Crippen molar-refractivity contribution >= 4 is 5.91 Å². The van der Waals surface area contributed by atoms with Gasteiger partial charge in [-0.1, -0.05) is 58.0 Å². The molecule has 1 N–H and O–H groups in total. The standard InChI is InChI=1S/C29H35F3N2O3/c1-18(17-30)13-14-34(28(36)19(2)35)26(29(3,4)5)25-24(15-20-9-7-6-8-10-20)37-27(33-25)22-16-21(31)11-12-23(22)32/h6-12,16,18-19,26,35H,13-15,17H2,1-5H3/t18-,19-,26-/m0/s1. The summed E-state index contributed by atoms with van der Waals surface area (Å²) >= 11 is 0. The fourth-order valence-corrected chi connectivity index (χ4v) is 4.33. The van der Waals surface area contributed by atoms with E-state index in [0.29, 0.717) is 24.3 Å². The molecular formula is C29H35F3N2O3. The largest absolute Gasteiger partial charge is 0.440 e. The molecule has 3 rings (SSSR count). The maximum atomic E-state index is 14.7. The van der Waals surface area contributed by atoms with Crippen LogP contribution >= 0.6 is 0 Å². The van der Waals surface area contributed by atoms with Gasteiger partial charge in [0.15, 0.2) is 0 Å². The van der Waals surface area contributed by atoms with Gasteiger partial charge < -0.3 is 14.4 Å². The number of rotatable bonds is 10. The topological polar surface area (TPSA) is 66.6 Å². The third-order valence-electron chi connectivity index (χ3n) is 6.25. The first-order valence-electron chi connectivity index (χ1n) is 12.5. The zero-order chi connectivity index (χ0) is 27.3.